The molecule has 1 unspecified atom stereocenters. The number of alkyl halides is 2. The predicted octanol–water partition coefficient (Wildman–Crippen LogP) is 0.701. The van der Waals surface area contributed by atoms with Gasteiger partial charge >= 0.3 is 0 Å². The molecule has 72 valence electrons. The predicted molar refractivity (Wildman–Crippen MR) is 56.2 cm³/mol. The van der Waals surface area contributed by atoms with E-state index in [1.165, 1.54) is 0 Å². The SMILES string of the molecule is COC(OC)C(=CC([SiH3])Cl)CCl. The highest BCUT2D eigenvalue weighted by atomic mass is 35.5. The zero-order valence-corrected chi connectivity index (χ0v) is 11.0. The average molecular weight is 229 g/mol. The van der Waals surface area contributed by atoms with E-state index in [0.29, 0.717) is 5.88 Å². The van der Waals surface area contributed by atoms with E-state index in [1.54, 1.807) is 14.2 Å². The van der Waals surface area contributed by atoms with Crippen LogP contribution in [-0.2, 0) is 9.47 Å². The third-order valence-electron chi connectivity index (χ3n) is 1.33. The first-order chi connectivity index (χ1) is 5.65. The molecule has 1 atom stereocenters. The molecule has 0 aromatic carbocycles. The van der Waals surface area contributed by atoms with Crippen LogP contribution < -0.4 is 0 Å². The van der Waals surface area contributed by atoms with Crippen molar-refractivity contribution < 1.29 is 9.47 Å². The molecule has 5 heteroatoms. The van der Waals surface area contributed by atoms with Crippen LogP contribution in [0.25, 0.3) is 0 Å². The molecule has 0 aromatic heterocycles. The molecule has 0 aliphatic heterocycles. The van der Waals surface area contributed by atoms with Gasteiger partial charge in [0.25, 0.3) is 0 Å². The fraction of sp³-hybridized carbons (Fsp3) is 0.714. The van der Waals surface area contributed by atoms with Gasteiger partial charge in [-0.25, -0.2) is 0 Å². The van der Waals surface area contributed by atoms with E-state index in [1.807, 2.05) is 6.08 Å². The molecule has 2 nitrogen and oxygen atoms in total. The molecule has 0 aliphatic rings. The highest BCUT2D eigenvalue weighted by molar-refractivity contribution is 6.41. The molecule has 0 heterocycles. The zero-order chi connectivity index (χ0) is 9.56. The molecule has 0 spiro atoms. The topological polar surface area (TPSA) is 18.5 Å². The first-order valence-electron chi connectivity index (χ1n) is 3.61. The fourth-order valence-corrected chi connectivity index (χ4v) is 1.69. The van der Waals surface area contributed by atoms with Crippen molar-refractivity contribution in [2.75, 3.05) is 20.1 Å². The summed E-state index contributed by atoms with van der Waals surface area (Å²) >= 11 is 11.5. The van der Waals surface area contributed by atoms with Crippen molar-refractivity contribution in [3.8, 4) is 0 Å². The first-order valence-corrected chi connectivity index (χ1v) is 5.74. The van der Waals surface area contributed by atoms with Crippen molar-refractivity contribution in [2.45, 2.75) is 11.3 Å². The molecule has 0 amide bonds. The van der Waals surface area contributed by atoms with Gasteiger partial charge in [-0.05, 0) is 5.57 Å². The van der Waals surface area contributed by atoms with Crippen LogP contribution in [0.1, 0.15) is 0 Å². The Hall–Kier alpha value is 0.457. The molecule has 0 aromatic rings. The number of hydrogen-bond donors (Lipinski definition) is 0. The molecule has 0 rings (SSSR count). The van der Waals surface area contributed by atoms with Gasteiger partial charge in [-0.2, -0.15) is 0 Å². The largest absolute Gasteiger partial charge is 0.352 e. The summed E-state index contributed by atoms with van der Waals surface area (Å²) in [6, 6.07) is 0. The standard InChI is InChI=1S/C7H14Cl2O2Si/c1-10-7(11-2)5(4-8)3-6(9)12/h3,6-7H,4H2,1-2,12H3. The molecule has 0 aliphatic carbocycles. The Bertz CT molecular complexity index is 146. The van der Waals surface area contributed by atoms with E-state index in [9.17, 15) is 0 Å². The quantitative estimate of drug-likeness (QED) is 0.299. The summed E-state index contributed by atoms with van der Waals surface area (Å²) in [5, 5.41) is 0.0755. The smallest absolute Gasteiger partial charge is 0.180 e. The summed E-state index contributed by atoms with van der Waals surface area (Å²) in [5.74, 6) is 0.387. The van der Waals surface area contributed by atoms with Gasteiger partial charge in [-0.3, -0.25) is 0 Å². The normalized spacial score (nSPS) is 15.6. The minimum absolute atomic E-state index is 0.0755. The van der Waals surface area contributed by atoms with Crippen molar-refractivity contribution >= 4 is 33.4 Å². The van der Waals surface area contributed by atoms with Gasteiger partial charge in [-0.1, -0.05) is 6.08 Å². The van der Waals surface area contributed by atoms with Crippen LogP contribution >= 0.6 is 23.2 Å². The molecule has 0 N–H and O–H groups in total. The number of rotatable bonds is 5. The average Bonchev–Trinajstić information content (AvgIpc) is 2.04. The molecular formula is C7H14Cl2O2Si. The molecule has 0 saturated carbocycles. The number of halogens is 2. The Balaban J connectivity index is 4.29. The third-order valence-corrected chi connectivity index (χ3v) is 2.10. The maximum Gasteiger partial charge on any atom is 0.180 e. The van der Waals surface area contributed by atoms with Crippen LogP contribution in [-0.4, -0.2) is 41.6 Å². The van der Waals surface area contributed by atoms with Crippen molar-refractivity contribution in [2.24, 2.45) is 0 Å². The van der Waals surface area contributed by atoms with Gasteiger partial charge in [0.1, 0.15) is 0 Å². The van der Waals surface area contributed by atoms with Gasteiger partial charge in [0.2, 0.25) is 0 Å². The Morgan fingerprint density at radius 2 is 2.00 bits per heavy atom. The van der Waals surface area contributed by atoms with E-state index in [4.69, 9.17) is 32.7 Å². The minimum Gasteiger partial charge on any atom is -0.352 e. The van der Waals surface area contributed by atoms with Crippen molar-refractivity contribution in [3.63, 3.8) is 0 Å². The summed E-state index contributed by atoms with van der Waals surface area (Å²) < 4.78 is 10.1. The summed E-state index contributed by atoms with van der Waals surface area (Å²) in [6.07, 6.45) is 1.52. The second-order valence-corrected chi connectivity index (χ2v) is 5.29. The Kier molecular flexibility index (Phi) is 7.18. The maximum atomic E-state index is 5.82. The Morgan fingerprint density at radius 1 is 1.50 bits per heavy atom. The maximum absolute atomic E-state index is 5.82. The lowest BCUT2D eigenvalue weighted by atomic mass is 10.3. The molecule has 0 radical (unpaired) electrons. The zero-order valence-electron chi connectivity index (χ0n) is 7.51. The highest BCUT2D eigenvalue weighted by Crippen LogP contribution is 2.11. The number of methoxy groups -OCH3 is 2. The van der Waals surface area contributed by atoms with Crippen LogP contribution in [0.15, 0.2) is 11.6 Å². The first kappa shape index (κ1) is 12.5. The molecule has 0 fully saturated rings. The second-order valence-electron chi connectivity index (χ2n) is 2.36. The molecule has 0 saturated heterocycles. The molecule has 0 bridgehead atoms. The van der Waals surface area contributed by atoms with Gasteiger partial charge < -0.3 is 9.47 Å². The van der Waals surface area contributed by atoms with Gasteiger partial charge in [0, 0.05) is 35.3 Å². The Morgan fingerprint density at radius 3 is 2.25 bits per heavy atom. The molecule has 12 heavy (non-hydrogen) atoms. The van der Waals surface area contributed by atoms with Gasteiger partial charge in [-0.15, -0.1) is 23.2 Å². The highest BCUT2D eigenvalue weighted by Gasteiger charge is 2.11. The number of allylic oxidation sites excluding steroid dienone is 1. The Labute approximate surface area is 86.2 Å². The lowest BCUT2D eigenvalue weighted by Crippen LogP contribution is -2.18. The molecular weight excluding hydrogens is 215 g/mol. The number of hydrogen-bond acceptors (Lipinski definition) is 2. The van der Waals surface area contributed by atoms with Gasteiger partial charge in [0.15, 0.2) is 6.29 Å². The summed E-state index contributed by atoms with van der Waals surface area (Å²) in [7, 11) is 4.04. The van der Waals surface area contributed by atoms with Crippen LogP contribution in [0.4, 0.5) is 0 Å². The number of ether oxygens (including phenoxy) is 2. The summed E-state index contributed by atoms with van der Waals surface area (Å²) in [5.41, 5.74) is 0.886. The van der Waals surface area contributed by atoms with Gasteiger partial charge in [0.05, 0.1) is 0 Å². The lowest BCUT2D eigenvalue weighted by molar-refractivity contribution is -0.0745. The van der Waals surface area contributed by atoms with Crippen molar-refractivity contribution in [1.82, 2.24) is 0 Å². The second kappa shape index (κ2) is 6.92. The van der Waals surface area contributed by atoms with Crippen molar-refractivity contribution in [1.29, 1.82) is 0 Å². The van der Waals surface area contributed by atoms with Crippen molar-refractivity contribution in [3.05, 3.63) is 11.6 Å². The van der Waals surface area contributed by atoms with Crippen LogP contribution in [0.3, 0.4) is 0 Å². The summed E-state index contributed by atoms with van der Waals surface area (Å²) in [6.45, 7) is 0. The van der Waals surface area contributed by atoms with E-state index < -0.39 is 0 Å². The van der Waals surface area contributed by atoms with E-state index in [2.05, 4.69) is 0 Å². The lowest BCUT2D eigenvalue weighted by Gasteiger charge is -2.15. The third kappa shape index (κ3) is 4.47. The van der Waals surface area contributed by atoms with E-state index in [0.717, 1.165) is 15.8 Å². The fourth-order valence-electron chi connectivity index (χ4n) is 0.880. The van der Waals surface area contributed by atoms with Crippen LogP contribution in [0.5, 0.6) is 0 Å². The van der Waals surface area contributed by atoms with E-state index >= 15 is 0 Å². The minimum atomic E-state index is -0.363. The van der Waals surface area contributed by atoms with Crippen LogP contribution in [0.2, 0.25) is 0 Å². The van der Waals surface area contributed by atoms with E-state index in [-0.39, 0.29) is 11.3 Å². The monoisotopic (exact) mass is 228 g/mol. The van der Waals surface area contributed by atoms with Crippen LogP contribution in [0, 0.1) is 0 Å². The summed E-state index contributed by atoms with van der Waals surface area (Å²) in [4.78, 5) is 0.